The molecule has 0 aromatic heterocycles. The van der Waals surface area contributed by atoms with Gasteiger partial charge >= 0.3 is 0 Å². The monoisotopic (exact) mass is 248 g/mol. The van der Waals surface area contributed by atoms with Crippen LogP contribution in [0.3, 0.4) is 0 Å². The Labute approximate surface area is 105 Å². The van der Waals surface area contributed by atoms with Crippen LogP contribution < -0.4 is 0 Å². The van der Waals surface area contributed by atoms with Crippen LogP contribution in [0.2, 0.25) is 5.02 Å². The molecule has 2 nitrogen and oxygen atoms in total. The molecule has 0 unspecified atom stereocenters. The van der Waals surface area contributed by atoms with E-state index in [-0.39, 0.29) is 6.61 Å². The third kappa shape index (κ3) is 2.34. The SMILES string of the molecule is OC[C@](O)(c1ccccc1)c1ccc(Cl)cc1. The van der Waals surface area contributed by atoms with Crippen molar-refractivity contribution in [2.75, 3.05) is 6.61 Å². The van der Waals surface area contributed by atoms with Crippen LogP contribution in [-0.4, -0.2) is 16.8 Å². The number of hydrogen-bond donors (Lipinski definition) is 2. The van der Waals surface area contributed by atoms with Gasteiger partial charge in [-0.15, -0.1) is 0 Å². The van der Waals surface area contributed by atoms with Crippen LogP contribution in [0, 0.1) is 0 Å². The van der Waals surface area contributed by atoms with E-state index in [1.807, 2.05) is 18.2 Å². The number of hydrogen-bond acceptors (Lipinski definition) is 2. The van der Waals surface area contributed by atoms with Crippen molar-refractivity contribution in [1.82, 2.24) is 0 Å². The molecule has 88 valence electrons. The quantitative estimate of drug-likeness (QED) is 0.877. The maximum absolute atomic E-state index is 10.6. The summed E-state index contributed by atoms with van der Waals surface area (Å²) in [5, 5.41) is 20.6. The first kappa shape index (κ1) is 12.1. The Bertz CT molecular complexity index is 481. The van der Waals surface area contributed by atoms with Gasteiger partial charge in [-0.2, -0.15) is 0 Å². The molecule has 0 aliphatic heterocycles. The van der Waals surface area contributed by atoms with Crippen molar-refractivity contribution in [3.05, 3.63) is 70.7 Å². The van der Waals surface area contributed by atoms with Gasteiger partial charge in [0.1, 0.15) is 5.60 Å². The van der Waals surface area contributed by atoms with Gasteiger partial charge in [-0.1, -0.05) is 54.1 Å². The van der Waals surface area contributed by atoms with E-state index >= 15 is 0 Å². The van der Waals surface area contributed by atoms with Gasteiger partial charge in [-0.3, -0.25) is 0 Å². The molecule has 0 fully saturated rings. The van der Waals surface area contributed by atoms with Crippen molar-refractivity contribution in [3.8, 4) is 0 Å². The lowest BCUT2D eigenvalue weighted by Crippen LogP contribution is -2.31. The first-order chi connectivity index (χ1) is 8.16. The summed E-state index contributed by atoms with van der Waals surface area (Å²) in [4.78, 5) is 0. The molecule has 0 saturated carbocycles. The van der Waals surface area contributed by atoms with Gasteiger partial charge in [0.25, 0.3) is 0 Å². The molecule has 0 aliphatic carbocycles. The highest BCUT2D eigenvalue weighted by Gasteiger charge is 2.30. The minimum absolute atomic E-state index is 0.376. The zero-order chi connectivity index (χ0) is 12.3. The minimum atomic E-state index is -1.38. The highest BCUT2D eigenvalue weighted by Crippen LogP contribution is 2.29. The first-order valence-corrected chi connectivity index (χ1v) is 5.69. The van der Waals surface area contributed by atoms with E-state index in [1.54, 1.807) is 36.4 Å². The average molecular weight is 249 g/mol. The van der Waals surface area contributed by atoms with Crippen LogP contribution in [0.5, 0.6) is 0 Å². The van der Waals surface area contributed by atoms with E-state index in [9.17, 15) is 10.2 Å². The van der Waals surface area contributed by atoms with Gasteiger partial charge in [0, 0.05) is 5.02 Å². The molecule has 0 aliphatic rings. The predicted octanol–water partition coefficient (Wildman–Crippen LogP) is 2.57. The number of benzene rings is 2. The van der Waals surface area contributed by atoms with Gasteiger partial charge in [-0.25, -0.2) is 0 Å². The third-order valence-corrected chi connectivity index (χ3v) is 3.05. The number of aliphatic hydroxyl groups is 2. The van der Waals surface area contributed by atoms with Crippen molar-refractivity contribution >= 4 is 11.6 Å². The molecule has 2 aromatic rings. The fourth-order valence-electron chi connectivity index (χ4n) is 1.79. The lowest BCUT2D eigenvalue weighted by Gasteiger charge is -2.27. The van der Waals surface area contributed by atoms with Crippen molar-refractivity contribution in [2.24, 2.45) is 0 Å². The van der Waals surface area contributed by atoms with Crippen LogP contribution in [0.25, 0.3) is 0 Å². The molecule has 1 atom stereocenters. The van der Waals surface area contributed by atoms with E-state index in [1.165, 1.54) is 0 Å². The second-order valence-corrected chi connectivity index (χ2v) is 4.33. The summed E-state index contributed by atoms with van der Waals surface area (Å²) in [5.41, 5.74) is -0.105. The molecule has 0 saturated heterocycles. The average Bonchev–Trinajstić information content (AvgIpc) is 2.40. The lowest BCUT2D eigenvalue weighted by atomic mass is 9.87. The number of halogens is 1. The van der Waals surface area contributed by atoms with Crippen LogP contribution in [-0.2, 0) is 5.60 Å². The molecule has 0 radical (unpaired) electrons. The Kier molecular flexibility index (Phi) is 3.48. The molecule has 0 spiro atoms. The maximum Gasteiger partial charge on any atom is 0.138 e. The molecule has 0 bridgehead atoms. The van der Waals surface area contributed by atoms with Crippen LogP contribution in [0.15, 0.2) is 54.6 Å². The smallest absolute Gasteiger partial charge is 0.138 e. The maximum atomic E-state index is 10.6. The fraction of sp³-hybridized carbons (Fsp3) is 0.143. The molecular weight excluding hydrogens is 236 g/mol. The van der Waals surface area contributed by atoms with Gasteiger partial charge < -0.3 is 10.2 Å². The molecule has 2 rings (SSSR count). The van der Waals surface area contributed by atoms with Crippen molar-refractivity contribution in [2.45, 2.75) is 5.60 Å². The van der Waals surface area contributed by atoms with Gasteiger partial charge in [0.15, 0.2) is 0 Å². The predicted molar refractivity (Wildman–Crippen MR) is 68.0 cm³/mol. The topological polar surface area (TPSA) is 40.5 Å². The highest BCUT2D eigenvalue weighted by molar-refractivity contribution is 6.30. The third-order valence-electron chi connectivity index (χ3n) is 2.80. The molecule has 3 heteroatoms. The zero-order valence-electron chi connectivity index (χ0n) is 9.18. The largest absolute Gasteiger partial charge is 0.393 e. The van der Waals surface area contributed by atoms with Crippen LogP contribution in [0.4, 0.5) is 0 Å². The van der Waals surface area contributed by atoms with Gasteiger partial charge in [0.05, 0.1) is 6.61 Å². The molecule has 17 heavy (non-hydrogen) atoms. The molecule has 2 N–H and O–H groups in total. The van der Waals surface area contributed by atoms with E-state index in [0.717, 1.165) is 0 Å². The highest BCUT2D eigenvalue weighted by atomic mass is 35.5. The van der Waals surface area contributed by atoms with E-state index < -0.39 is 5.60 Å². The summed E-state index contributed by atoms with van der Waals surface area (Å²) >= 11 is 5.81. The van der Waals surface area contributed by atoms with Crippen molar-refractivity contribution in [3.63, 3.8) is 0 Å². The number of rotatable bonds is 3. The minimum Gasteiger partial charge on any atom is -0.393 e. The standard InChI is InChI=1S/C14H13ClO2/c15-13-8-6-12(7-9-13)14(17,10-16)11-4-2-1-3-5-11/h1-9,16-17H,10H2/t14-/m0/s1. The molecule has 2 aromatic carbocycles. The summed E-state index contributed by atoms with van der Waals surface area (Å²) in [6.07, 6.45) is 0. The van der Waals surface area contributed by atoms with Crippen LogP contribution >= 0.6 is 11.6 Å². The lowest BCUT2D eigenvalue weighted by molar-refractivity contribution is 0.0173. The normalized spacial score (nSPS) is 14.3. The summed E-state index contributed by atoms with van der Waals surface area (Å²) in [6, 6.07) is 15.9. The van der Waals surface area contributed by atoms with E-state index in [0.29, 0.717) is 16.1 Å². The summed E-state index contributed by atoms with van der Waals surface area (Å²) in [7, 11) is 0. The molecule has 0 amide bonds. The summed E-state index contributed by atoms with van der Waals surface area (Å²) < 4.78 is 0. The number of aliphatic hydroxyl groups excluding tert-OH is 1. The molecule has 0 heterocycles. The summed E-state index contributed by atoms with van der Waals surface area (Å²) in [5.74, 6) is 0. The Balaban J connectivity index is 2.48. The Morgan fingerprint density at radius 1 is 0.882 bits per heavy atom. The van der Waals surface area contributed by atoms with Crippen LogP contribution in [0.1, 0.15) is 11.1 Å². The Morgan fingerprint density at radius 3 is 1.94 bits per heavy atom. The fourth-order valence-corrected chi connectivity index (χ4v) is 1.91. The zero-order valence-corrected chi connectivity index (χ0v) is 9.93. The second kappa shape index (κ2) is 4.88. The Hall–Kier alpha value is -1.35. The summed E-state index contributed by atoms with van der Waals surface area (Å²) in [6.45, 7) is -0.376. The second-order valence-electron chi connectivity index (χ2n) is 3.89. The Morgan fingerprint density at radius 2 is 1.41 bits per heavy atom. The van der Waals surface area contributed by atoms with Crippen molar-refractivity contribution < 1.29 is 10.2 Å². The molecular formula is C14H13ClO2. The van der Waals surface area contributed by atoms with Crippen molar-refractivity contribution in [1.29, 1.82) is 0 Å². The van der Waals surface area contributed by atoms with Gasteiger partial charge in [-0.05, 0) is 23.3 Å². The van der Waals surface area contributed by atoms with E-state index in [2.05, 4.69) is 0 Å². The first-order valence-electron chi connectivity index (χ1n) is 5.31. The van der Waals surface area contributed by atoms with Gasteiger partial charge in [0.2, 0.25) is 0 Å². The van der Waals surface area contributed by atoms with E-state index in [4.69, 9.17) is 11.6 Å².